The SMILES string of the molecule is CCOC(=O)NS(=O)(=O)N(C)c1ccc(N)cc1C(=O)O. The van der Waals surface area contributed by atoms with Crippen molar-refractivity contribution in [3.8, 4) is 0 Å². The number of hydrogen-bond acceptors (Lipinski definition) is 6. The maximum atomic E-state index is 12.0. The molecule has 0 aliphatic rings. The van der Waals surface area contributed by atoms with Crippen LogP contribution in [0.1, 0.15) is 17.3 Å². The zero-order valence-corrected chi connectivity index (χ0v) is 12.2. The number of nitrogens with one attached hydrogen (secondary N) is 1. The van der Waals surface area contributed by atoms with Crippen LogP contribution in [-0.2, 0) is 14.9 Å². The van der Waals surface area contributed by atoms with Gasteiger partial charge in [0.05, 0.1) is 17.9 Å². The molecule has 1 aromatic rings. The Balaban J connectivity index is 3.16. The summed E-state index contributed by atoms with van der Waals surface area (Å²) in [5, 5.41) is 9.08. The van der Waals surface area contributed by atoms with E-state index in [1.165, 1.54) is 19.1 Å². The Labute approximate surface area is 121 Å². The van der Waals surface area contributed by atoms with Crippen LogP contribution in [0.15, 0.2) is 18.2 Å². The number of hydrogen-bond donors (Lipinski definition) is 3. The van der Waals surface area contributed by atoms with Crippen LogP contribution in [0.3, 0.4) is 0 Å². The van der Waals surface area contributed by atoms with Gasteiger partial charge in [-0.25, -0.2) is 14.3 Å². The minimum absolute atomic E-state index is 0.00663. The van der Waals surface area contributed by atoms with Crippen LogP contribution in [0, 0.1) is 0 Å². The van der Waals surface area contributed by atoms with Crippen molar-refractivity contribution >= 4 is 33.6 Å². The molecule has 9 nitrogen and oxygen atoms in total. The maximum absolute atomic E-state index is 12.0. The van der Waals surface area contributed by atoms with Gasteiger partial charge < -0.3 is 15.6 Å². The minimum Gasteiger partial charge on any atom is -0.478 e. The van der Waals surface area contributed by atoms with E-state index in [-0.39, 0.29) is 23.5 Å². The largest absolute Gasteiger partial charge is 0.478 e. The molecule has 21 heavy (non-hydrogen) atoms. The van der Waals surface area contributed by atoms with Crippen molar-refractivity contribution in [2.24, 2.45) is 0 Å². The number of aromatic carboxylic acids is 1. The first kappa shape index (κ1) is 16.6. The molecule has 116 valence electrons. The van der Waals surface area contributed by atoms with Gasteiger partial charge in [-0.05, 0) is 25.1 Å². The molecule has 0 aliphatic heterocycles. The highest BCUT2D eigenvalue weighted by atomic mass is 32.2. The van der Waals surface area contributed by atoms with Gasteiger partial charge in [0.25, 0.3) is 0 Å². The number of nitrogens with two attached hydrogens (primary N) is 1. The summed E-state index contributed by atoms with van der Waals surface area (Å²) in [6.07, 6.45) is -1.16. The van der Waals surface area contributed by atoms with Crippen LogP contribution >= 0.6 is 0 Å². The third-order valence-corrected chi connectivity index (χ3v) is 3.78. The Bertz CT molecular complexity index is 658. The molecular formula is C11H15N3O6S. The lowest BCUT2D eigenvalue weighted by molar-refractivity contribution is 0.0697. The summed E-state index contributed by atoms with van der Waals surface area (Å²) in [6.45, 7) is 1.51. The maximum Gasteiger partial charge on any atom is 0.422 e. The monoisotopic (exact) mass is 317 g/mol. The fourth-order valence-electron chi connectivity index (χ4n) is 1.46. The summed E-state index contributed by atoms with van der Waals surface area (Å²) >= 11 is 0. The van der Waals surface area contributed by atoms with Crippen molar-refractivity contribution < 1.29 is 27.9 Å². The van der Waals surface area contributed by atoms with Gasteiger partial charge in [-0.2, -0.15) is 8.42 Å². The van der Waals surface area contributed by atoms with Crippen molar-refractivity contribution in [3.63, 3.8) is 0 Å². The van der Waals surface area contributed by atoms with Gasteiger partial charge in [0.2, 0.25) is 0 Å². The second-order valence-corrected chi connectivity index (χ2v) is 5.58. The van der Waals surface area contributed by atoms with E-state index < -0.39 is 22.3 Å². The molecule has 0 radical (unpaired) electrons. The zero-order chi connectivity index (χ0) is 16.2. The van der Waals surface area contributed by atoms with Gasteiger partial charge in [0.15, 0.2) is 0 Å². The molecule has 0 aromatic heterocycles. The van der Waals surface area contributed by atoms with E-state index in [2.05, 4.69) is 4.74 Å². The number of carbonyl (C=O) groups excluding carboxylic acids is 1. The molecule has 10 heteroatoms. The standard InChI is InChI=1S/C11H15N3O6S/c1-3-20-11(17)13-21(18,19)14(2)9-5-4-7(12)6-8(9)10(15)16/h4-6H,3,12H2,1-2H3,(H,13,17)(H,15,16). The first-order valence-corrected chi connectivity index (χ1v) is 7.19. The molecule has 0 saturated heterocycles. The summed E-state index contributed by atoms with van der Waals surface area (Å²) in [7, 11) is -3.20. The summed E-state index contributed by atoms with van der Waals surface area (Å²) in [5.74, 6) is -1.35. The quantitative estimate of drug-likeness (QED) is 0.667. The molecule has 0 saturated carbocycles. The fourth-order valence-corrected chi connectivity index (χ4v) is 2.29. The highest BCUT2D eigenvalue weighted by Gasteiger charge is 2.25. The van der Waals surface area contributed by atoms with Crippen LogP contribution in [0.2, 0.25) is 0 Å². The molecule has 4 N–H and O–H groups in total. The first-order chi connectivity index (χ1) is 9.69. The van der Waals surface area contributed by atoms with Crippen molar-refractivity contribution in [2.45, 2.75) is 6.92 Å². The lowest BCUT2D eigenvalue weighted by Crippen LogP contribution is -2.42. The van der Waals surface area contributed by atoms with E-state index in [9.17, 15) is 18.0 Å². The first-order valence-electron chi connectivity index (χ1n) is 5.75. The number of amides is 1. The molecule has 1 amide bonds. The predicted octanol–water partition coefficient (Wildman–Crippen LogP) is 0.394. The zero-order valence-electron chi connectivity index (χ0n) is 11.4. The lowest BCUT2D eigenvalue weighted by Gasteiger charge is -2.21. The molecule has 1 rings (SSSR count). The van der Waals surface area contributed by atoms with E-state index in [0.717, 1.165) is 13.1 Å². The molecule has 1 aromatic carbocycles. The van der Waals surface area contributed by atoms with Crippen LogP contribution in [-0.4, -0.2) is 39.2 Å². The predicted molar refractivity (Wildman–Crippen MR) is 75.3 cm³/mol. The number of nitrogen functional groups attached to an aromatic ring is 1. The Hall–Kier alpha value is -2.49. The van der Waals surface area contributed by atoms with Gasteiger partial charge >= 0.3 is 22.3 Å². The molecule has 0 aliphatic carbocycles. The van der Waals surface area contributed by atoms with Gasteiger partial charge in [0, 0.05) is 12.7 Å². The van der Waals surface area contributed by atoms with Crippen LogP contribution < -0.4 is 14.8 Å². The second kappa shape index (κ2) is 6.31. The van der Waals surface area contributed by atoms with E-state index in [0.29, 0.717) is 4.31 Å². The highest BCUT2D eigenvalue weighted by molar-refractivity contribution is 7.91. The normalized spacial score (nSPS) is 10.8. The Morgan fingerprint density at radius 1 is 1.43 bits per heavy atom. The topological polar surface area (TPSA) is 139 Å². The minimum atomic E-state index is -4.30. The lowest BCUT2D eigenvalue weighted by atomic mass is 10.1. The highest BCUT2D eigenvalue weighted by Crippen LogP contribution is 2.24. The van der Waals surface area contributed by atoms with Crippen molar-refractivity contribution in [3.05, 3.63) is 23.8 Å². The third kappa shape index (κ3) is 3.99. The summed E-state index contributed by atoms with van der Waals surface area (Å²) in [4.78, 5) is 22.3. The molecule has 0 unspecified atom stereocenters. The average Bonchev–Trinajstić information content (AvgIpc) is 2.37. The van der Waals surface area contributed by atoms with E-state index in [4.69, 9.17) is 10.8 Å². The second-order valence-electron chi connectivity index (χ2n) is 3.88. The Kier molecular flexibility index (Phi) is 4.97. The van der Waals surface area contributed by atoms with E-state index in [1.54, 1.807) is 4.72 Å². The van der Waals surface area contributed by atoms with Gasteiger partial charge in [-0.1, -0.05) is 0 Å². The number of carbonyl (C=O) groups is 2. The molecule has 0 fully saturated rings. The van der Waals surface area contributed by atoms with Gasteiger partial charge in [0.1, 0.15) is 0 Å². The number of carboxylic acid groups (broad SMARTS) is 1. The third-order valence-electron chi connectivity index (χ3n) is 2.44. The molecule has 0 heterocycles. The van der Waals surface area contributed by atoms with Crippen LogP contribution in [0.25, 0.3) is 0 Å². The molecule has 0 atom stereocenters. The smallest absolute Gasteiger partial charge is 0.422 e. The van der Waals surface area contributed by atoms with Crippen molar-refractivity contribution in [1.29, 1.82) is 0 Å². The summed E-state index contributed by atoms with van der Waals surface area (Å²) in [5.41, 5.74) is 5.18. The van der Waals surface area contributed by atoms with Crippen molar-refractivity contribution in [1.82, 2.24) is 4.72 Å². The number of carboxylic acids is 1. The van der Waals surface area contributed by atoms with Gasteiger partial charge in [-0.3, -0.25) is 4.31 Å². The summed E-state index contributed by atoms with van der Waals surface area (Å²) < 4.78 is 30.7. The number of rotatable bonds is 5. The molecule has 0 bridgehead atoms. The number of anilines is 2. The molecule has 0 spiro atoms. The van der Waals surface area contributed by atoms with Crippen LogP contribution in [0.4, 0.5) is 16.2 Å². The van der Waals surface area contributed by atoms with E-state index >= 15 is 0 Å². The Morgan fingerprint density at radius 3 is 2.57 bits per heavy atom. The fraction of sp³-hybridized carbons (Fsp3) is 0.273. The van der Waals surface area contributed by atoms with E-state index in [1.807, 2.05) is 0 Å². The van der Waals surface area contributed by atoms with Gasteiger partial charge in [-0.15, -0.1) is 0 Å². The number of ether oxygens (including phenoxy) is 1. The Morgan fingerprint density at radius 2 is 2.05 bits per heavy atom. The average molecular weight is 317 g/mol. The number of nitrogens with zero attached hydrogens (tertiary/aromatic N) is 1. The van der Waals surface area contributed by atoms with Crippen molar-refractivity contribution in [2.75, 3.05) is 23.7 Å². The molecular weight excluding hydrogens is 302 g/mol. The summed E-state index contributed by atoms with van der Waals surface area (Å²) in [6, 6.07) is 3.69. The number of benzene rings is 1. The van der Waals surface area contributed by atoms with Crippen LogP contribution in [0.5, 0.6) is 0 Å².